The number of aldehydes is 1. The Morgan fingerprint density at radius 1 is 1.10 bits per heavy atom. The van der Waals surface area contributed by atoms with E-state index >= 15 is 0 Å². The topological polar surface area (TPSA) is 88.2 Å². The summed E-state index contributed by atoms with van der Waals surface area (Å²) >= 11 is 0. The summed E-state index contributed by atoms with van der Waals surface area (Å²) < 4.78 is 65.7. The maximum absolute atomic E-state index is 13.9. The minimum Gasteiger partial charge on any atom is -0.467 e. The number of likely N-dealkylation sites (N-methyl/N-ethyl adjacent to an activating group) is 1. The van der Waals surface area contributed by atoms with Crippen molar-refractivity contribution in [1.82, 2.24) is 19.9 Å². The number of rotatable bonds is 4. The maximum Gasteiger partial charge on any atom is 0.449 e. The van der Waals surface area contributed by atoms with Gasteiger partial charge in [0, 0.05) is 61.4 Å². The van der Waals surface area contributed by atoms with Crippen LogP contribution < -0.4 is 4.74 Å². The van der Waals surface area contributed by atoms with Crippen LogP contribution >= 0.6 is 0 Å². The minimum atomic E-state index is -4.64. The number of Topliss-reactive ketones (excluding diaryl/α,β-unsaturated/α-hetero) is 1. The zero-order chi connectivity index (χ0) is 29.3. The van der Waals surface area contributed by atoms with Gasteiger partial charge in [-0.1, -0.05) is 42.5 Å². The summed E-state index contributed by atoms with van der Waals surface area (Å²) in [5, 5.41) is 0.965. The monoisotopic (exact) mass is 562 g/mol. The van der Waals surface area contributed by atoms with E-state index in [0.717, 1.165) is 28.6 Å². The quantitative estimate of drug-likeness (QED) is 0.243. The second-order valence-corrected chi connectivity index (χ2v) is 8.92. The smallest absolute Gasteiger partial charge is 0.449 e. The van der Waals surface area contributed by atoms with Crippen LogP contribution in [-0.4, -0.2) is 70.3 Å². The predicted molar refractivity (Wildman–Crippen MR) is 139 cm³/mol. The lowest BCUT2D eigenvalue weighted by Gasteiger charge is -2.36. The summed E-state index contributed by atoms with van der Waals surface area (Å²) in [7, 11) is 1.82. The van der Waals surface area contributed by atoms with Crippen molar-refractivity contribution in [2.45, 2.75) is 31.5 Å². The number of imidazole rings is 1. The summed E-state index contributed by atoms with van der Waals surface area (Å²) in [5.41, 5.74) is 2.23. The molecule has 1 aliphatic rings. The van der Waals surface area contributed by atoms with Gasteiger partial charge in [0.2, 0.25) is 11.7 Å². The molecule has 0 radical (unpaired) electrons. The van der Waals surface area contributed by atoms with Gasteiger partial charge in [-0.25, -0.2) is 18.7 Å². The van der Waals surface area contributed by atoms with Gasteiger partial charge in [-0.05, 0) is 19.2 Å². The van der Waals surface area contributed by atoms with E-state index in [0.29, 0.717) is 19.0 Å². The maximum atomic E-state index is 13.9. The fraction of sp³-hybridized carbons (Fsp3) is 0.286. The van der Waals surface area contributed by atoms with Gasteiger partial charge < -0.3 is 14.6 Å². The summed E-state index contributed by atoms with van der Waals surface area (Å²) in [6.45, 7) is 1.08. The van der Waals surface area contributed by atoms with Crippen molar-refractivity contribution >= 4 is 23.0 Å². The second kappa shape index (κ2) is 13.2. The average Bonchev–Trinajstić information content (AvgIpc) is 3.46. The van der Waals surface area contributed by atoms with Crippen molar-refractivity contribution < 1.29 is 36.3 Å². The Morgan fingerprint density at radius 3 is 2.42 bits per heavy atom. The Balaban J connectivity index is 0.000000189. The van der Waals surface area contributed by atoms with Gasteiger partial charge in [0.25, 0.3) is 5.92 Å². The number of piperidine rings is 1. The Kier molecular flexibility index (Phi) is 10.1. The predicted octanol–water partition coefficient (Wildman–Crippen LogP) is 5.98. The number of nitrogens with zero attached hydrogens (tertiary/aromatic N) is 3. The lowest BCUT2D eigenvalue weighted by molar-refractivity contribution is -0.168. The van der Waals surface area contributed by atoms with Crippen molar-refractivity contribution in [3.63, 3.8) is 0 Å². The molecule has 7 nitrogen and oxygen atoms in total. The number of carbonyl (C=O) groups is 2. The number of nitrogens with one attached hydrogen (secondary N) is 1. The third-order valence-electron chi connectivity index (χ3n) is 5.85. The van der Waals surface area contributed by atoms with Gasteiger partial charge in [-0.15, -0.1) is 0 Å². The number of hydrogen-bond donors (Lipinski definition) is 1. The molecule has 0 amide bonds. The zero-order valence-electron chi connectivity index (χ0n) is 21.7. The molecule has 0 saturated carbocycles. The van der Waals surface area contributed by atoms with E-state index in [4.69, 9.17) is 4.74 Å². The number of halogens is 5. The number of fused-ring (bicyclic) bond motifs is 1. The highest BCUT2D eigenvalue weighted by atomic mass is 19.4. The van der Waals surface area contributed by atoms with Crippen LogP contribution in [0.2, 0.25) is 0 Å². The molecule has 5 rings (SSSR count). The first-order valence-electron chi connectivity index (χ1n) is 12.1. The van der Waals surface area contributed by atoms with Crippen molar-refractivity contribution in [3.8, 4) is 17.3 Å². The Morgan fingerprint density at radius 2 is 1.77 bits per heavy atom. The Labute approximate surface area is 227 Å². The number of hydrogen-bond acceptors (Lipinski definition) is 6. The summed E-state index contributed by atoms with van der Waals surface area (Å²) in [6.07, 6.45) is -1.73. The van der Waals surface area contributed by atoms with Crippen LogP contribution in [0.5, 0.6) is 5.88 Å². The number of benzene rings is 2. The molecule has 1 fully saturated rings. The molecule has 12 heteroatoms. The van der Waals surface area contributed by atoms with Crippen LogP contribution in [0, 0.1) is 0 Å². The molecular weight excluding hydrogens is 535 g/mol. The van der Waals surface area contributed by atoms with Crippen LogP contribution in [0.4, 0.5) is 22.0 Å². The van der Waals surface area contributed by atoms with E-state index in [1.807, 2.05) is 60.5 Å². The molecule has 40 heavy (non-hydrogen) atoms. The number of ketones is 1. The van der Waals surface area contributed by atoms with Crippen molar-refractivity contribution in [3.05, 3.63) is 78.6 Å². The van der Waals surface area contributed by atoms with Crippen molar-refractivity contribution in [2.24, 2.45) is 0 Å². The molecule has 0 spiro atoms. The highest BCUT2D eigenvalue weighted by Crippen LogP contribution is 2.31. The number of aromatic amines is 1. The first kappa shape index (κ1) is 30.4. The first-order valence-corrected chi connectivity index (χ1v) is 12.1. The number of pyridine rings is 1. The lowest BCUT2D eigenvalue weighted by Crippen LogP contribution is -2.52. The highest BCUT2D eigenvalue weighted by Gasteiger charge is 2.45. The number of alkyl halides is 5. The normalized spacial score (nSPS) is 16.6. The number of carbonyl (C=O) groups excluding carboxylic acids is 2. The molecule has 1 saturated heterocycles. The fourth-order valence-electron chi connectivity index (χ4n) is 3.62. The molecular formula is C28H27F5N4O3. The van der Waals surface area contributed by atoms with Gasteiger partial charge in [-0.2, -0.15) is 13.2 Å². The van der Waals surface area contributed by atoms with Gasteiger partial charge in [0.15, 0.2) is 12.4 Å². The Bertz CT molecular complexity index is 1410. The standard InChI is InChI=1S/C15H16F2N2O.C10H8N2O.C3H3F3O/c1-19-9-8-15(16,17)13(10-19)20-14-7-6-11-4-2-3-5-12(11)18-14;13-7-8-3-1-2-4-9(8)10-11-5-6-12-10;1-2(7)3(4,5)6/h2-7,13H,8-10H2,1H3;1-7H,(H,11,12);1H3. The number of likely N-dealkylation sites (tertiary alicyclic amines) is 1. The number of ether oxygens (including phenoxy) is 1. The van der Waals surface area contributed by atoms with Crippen LogP contribution in [0.25, 0.3) is 22.3 Å². The molecule has 2 aromatic carbocycles. The average molecular weight is 563 g/mol. The molecule has 0 bridgehead atoms. The lowest BCUT2D eigenvalue weighted by atomic mass is 10.0. The Hall–Kier alpha value is -4.19. The number of aromatic nitrogens is 3. The van der Waals surface area contributed by atoms with E-state index in [-0.39, 0.29) is 18.8 Å². The van der Waals surface area contributed by atoms with Crippen LogP contribution in [0.1, 0.15) is 23.7 Å². The molecule has 1 atom stereocenters. The van der Waals surface area contributed by atoms with Gasteiger partial charge in [-0.3, -0.25) is 9.59 Å². The number of H-pyrrole nitrogens is 1. The van der Waals surface area contributed by atoms with E-state index in [1.54, 1.807) is 24.5 Å². The molecule has 1 aliphatic heterocycles. The molecule has 1 N–H and O–H groups in total. The second-order valence-electron chi connectivity index (χ2n) is 8.92. The van der Waals surface area contributed by atoms with E-state index in [2.05, 4.69) is 15.0 Å². The van der Waals surface area contributed by atoms with Crippen molar-refractivity contribution in [1.29, 1.82) is 0 Å². The van der Waals surface area contributed by atoms with Gasteiger partial charge in [0.1, 0.15) is 5.82 Å². The molecule has 0 aliphatic carbocycles. The summed E-state index contributed by atoms with van der Waals surface area (Å²) in [4.78, 5) is 33.2. The third-order valence-corrected chi connectivity index (χ3v) is 5.85. The van der Waals surface area contributed by atoms with E-state index in [1.165, 1.54) is 0 Å². The van der Waals surface area contributed by atoms with Crippen LogP contribution in [-0.2, 0) is 4.79 Å². The summed E-state index contributed by atoms with van der Waals surface area (Å²) in [6, 6.07) is 18.4. The third kappa shape index (κ3) is 8.40. The van der Waals surface area contributed by atoms with Gasteiger partial charge in [0.05, 0.1) is 5.52 Å². The van der Waals surface area contributed by atoms with E-state index in [9.17, 15) is 31.5 Å². The van der Waals surface area contributed by atoms with Gasteiger partial charge >= 0.3 is 6.18 Å². The zero-order valence-corrected chi connectivity index (χ0v) is 21.7. The number of para-hydroxylation sites is 1. The molecule has 2 aromatic heterocycles. The van der Waals surface area contributed by atoms with Crippen molar-refractivity contribution in [2.75, 3.05) is 20.1 Å². The largest absolute Gasteiger partial charge is 0.467 e. The molecule has 1 unspecified atom stereocenters. The highest BCUT2D eigenvalue weighted by molar-refractivity contribution is 5.85. The first-order chi connectivity index (χ1) is 18.9. The summed E-state index contributed by atoms with van der Waals surface area (Å²) in [5.74, 6) is -3.58. The SMILES string of the molecule is CC(=O)C(F)(F)F.CN1CCC(F)(F)C(Oc2ccc3ccccc3n2)C1.O=Cc1ccccc1-c1ncc[nH]1. The van der Waals surface area contributed by atoms with Crippen LogP contribution in [0.3, 0.4) is 0 Å². The molecule has 4 aromatic rings. The van der Waals surface area contributed by atoms with Crippen LogP contribution in [0.15, 0.2) is 73.1 Å². The molecule has 212 valence electrons. The fourth-order valence-corrected chi connectivity index (χ4v) is 3.62. The molecule has 3 heterocycles. The van der Waals surface area contributed by atoms with E-state index < -0.39 is 24.0 Å². The minimum absolute atomic E-state index is 0.179.